The van der Waals surface area contributed by atoms with Crippen molar-refractivity contribution in [2.24, 2.45) is 0 Å². The lowest BCUT2D eigenvalue weighted by molar-refractivity contribution is -0.137. The molecule has 39 heavy (non-hydrogen) atoms. The summed E-state index contributed by atoms with van der Waals surface area (Å²) in [4.78, 5) is 21.5. The highest BCUT2D eigenvalue weighted by Gasteiger charge is 2.34. The quantitative estimate of drug-likeness (QED) is 0.267. The maximum atomic E-state index is 13.2. The van der Waals surface area contributed by atoms with Crippen molar-refractivity contribution in [1.29, 1.82) is 0 Å². The topological polar surface area (TPSA) is 137 Å². The molecule has 1 fully saturated rings. The number of benzene rings is 1. The fraction of sp³-hybridized carbons (Fsp3) is 0.423. The number of carbonyl (C=O) groups is 1. The van der Waals surface area contributed by atoms with Gasteiger partial charge in [0.05, 0.1) is 22.5 Å². The monoisotopic (exact) mass is 565 g/mol. The molecule has 1 aromatic heterocycles. The van der Waals surface area contributed by atoms with Crippen molar-refractivity contribution in [3.05, 3.63) is 70.2 Å². The first kappa shape index (κ1) is 28.8. The lowest BCUT2D eigenvalue weighted by Gasteiger charge is -2.28. The summed E-state index contributed by atoms with van der Waals surface area (Å²) in [5.74, 6) is -2.24. The van der Waals surface area contributed by atoms with Gasteiger partial charge in [-0.2, -0.15) is 13.2 Å². The molecule has 4 rings (SSSR count). The minimum absolute atomic E-state index is 0.000572. The third-order valence-electron chi connectivity index (χ3n) is 6.48. The molecule has 3 unspecified atom stereocenters. The van der Waals surface area contributed by atoms with E-state index in [0.29, 0.717) is 18.7 Å². The number of nitrogens with one attached hydrogen (secondary N) is 4. The van der Waals surface area contributed by atoms with Crippen LogP contribution in [0, 0.1) is 0 Å². The van der Waals surface area contributed by atoms with Crippen LogP contribution in [0.2, 0.25) is 5.02 Å². The predicted molar refractivity (Wildman–Crippen MR) is 143 cm³/mol. The number of aromatic nitrogens is 2. The van der Waals surface area contributed by atoms with Gasteiger partial charge < -0.3 is 26.8 Å². The fourth-order valence-electron chi connectivity index (χ4n) is 4.48. The molecule has 13 heteroatoms. The number of piperidine rings is 1. The summed E-state index contributed by atoms with van der Waals surface area (Å²) in [6.45, 7) is 3.19. The molecule has 0 bridgehead atoms. The van der Waals surface area contributed by atoms with Crippen LogP contribution in [0.15, 0.2) is 48.2 Å². The maximum absolute atomic E-state index is 13.2. The highest BCUT2D eigenvalue weighted by atomic mass is 35.5. The van der Waals surface area contributed by atoms with E-state index in [0.717, 1.165) is 37.1 Å². The Morgan fingerprint density at radius 2 is 2.13 bits per heavy atom. The Morgan fingerprint density at radius 1 is 1.33 bits per heavy atom. The largest absolute Gasteiger partial charge is 0.417 e. The zero-order valence-electron chi connectivity index (χ0n) is 21.3. The highest BCUT2D eigenvalue weighted by molar-refractivity contribution is 6.31. The smallest absolute Gasteiger partial charge is 0.382 e. The summed E-state index contributed by atoms with van der Waals surface area (Å²) >= 11 is 5.68. The number of aliphatic hydroxyl groups is 1. The van der Waals surface area contributed by atoms with E-state index >= 15 is 0 Å². The number of amides is 1. The van der Waals surface area contributed by atoms with Crippen LogP contribution >= 0.6 is 11.6 Å². The summed E-state index contributed by atoms with van der Waals surface area (Å²) in [5.41, 5.74) is 6.46. The van der Waals surface area contributed by atoms with Crippen LogP contribution in [0.3, 0.4) is 0 Å². The number of carbonyl (C=O) groups excluding carboxylic acids is 1. The van der Waals surface area contributed by atoms with Gasteiger partial charge in [-0.1, -0.05) is 29.8 Å². The van der Waals surface area contributed by atoms with E-state index in [2.05, 4.69) is 31.2 Å². The standard InChI is InChI=1S/C26H31ClF3N7O2/c1-25(39,37-17-7-8-20(27)19(11-17)26(28,29)30)34-12-15-4-2-5-16(10-15)21-14-33-23(31)22(36-21)24(38)35-18-6-3-9-32-13-18/h2,4,7-8,10-11,14,16,18,32,34,37,39H,3,5-6,9,12-13H2,1H3,(H2,31,33)(H,35,38). The second-order valence-electron chi connectivity index (χ2n) is 9.77. The molecule has 1 aromatic carbocycles. The van der Waals surface area contributed by atoms with Crippen LogP contribution in [-0.4, -0.2) is 52.5 Å². The summed E-state index contributed by atoms with van der Waals surface area (Å²) < 4.78 is 39.5. The van der Waals surface area contributed by atoms with E-state index in [1.807, 2.05) is 18.2 Å². The normalized spacial score (nSPS) is 21.1. The number of allylic oxidation sites excluding steroid dienone is 2. The molecule has 2 aliphatic rings. The number of anilines is 2. The number of alkyl halides is 3. The van der Waals surface area contributed by atoms with Gasteiger partial charge in [-0.3, -0.25) is 10.1 Å². The Bertz CT molecular complexity index is 1260. The van der Waals surface area contributed by atoms with Crippen LogP contribution in [0.5, 0.6) is 0 Å². The van der Waals surface area contributed by atoms with Crippen LogP contribution in [0.25, 0.3) is 0 Å². The van der Waals surface area contributed by atoms with E-state index in [1.165, 1.54) is 19.2 Å². The van der Waals surface area contributed by atoms with Gasteiger partial charge in [-0.15, -0.1) is 0 Å². The van der Waals surface area contributed by atoms with E-state index in [-0.39, 0.29) is 41.6 Å². The molecule has 1 amide bonds. The minimum atomic E-state index is -4.63. The molecule has 1 saturated heterocycles. The van der Waals surface area contributed by atoms with Crippen molar-refractivity contribution in [2.75, 3.05) is 30.7 Å². The van der Waals surface area contributed by atoms with Gasteiger partial charge in [0.2, 0.25) is 0 Å². The molecule has 7 N–H and O–H groups in total. The second-order valence-corrected chi connectivity index (χ2v) is 10.2. The number of halogens is 4. The number of nitrogens with zero attached hydrogens (tertiary/aromatic N) is 2. The van der Waals surface area contributed by atoms with E-state index < -0.39 is 22.6 Å². The average Bonchev–Trinajstić information content (AvgIpc) is 2.89. The average molecular weight is 566 g/mol. The van der Waals surface area contributed by atoms with Gasteiger partial charge in [0.15, 0.2) is 17.4 Å². The lowest BCUT2D eigenvalue weighted by atomic mass is 9.93. The third-order valence-corrected chi connectivity index (χ3v) is 6.81. The first-order valence-corrected chi connectivity index (χ1v) is 12.9. The molecule has 2 heterocycles. The molecule has 3 atom stereocenters. The van der Waals surface area contributed by atoms with Crippen LogP contribution in [0.4, 0.5) is 24.7 Å². The SMILES string of the molecule is CC(O)(NCC1=CC(c2cnc(N)c(C(=O)NC3CCCNC3)n2)CC=C1)Nc1ccc(Cl)c(C(F)(F)F)c1. The molecule has 2 aromatic rings. The Labute approximate surface area is 229 Å². The van der Waals surface area contributed by atoms with Gasteiger partial charge in [0.1, 0.15) is 0 Å². The molecular weight excluding hydrogens is 535 g/mol. The Hall–Kier alpha value is -3.19. The molecule has 210 valence electrons. The summed E-state index contributed by atoms with van der Waals surface area (Å²) in [7, 11) is 0. The van der Waals surface area contributed by atoms with Crippen LogP contribution < -0.4 is 27.0 Å². The van der Waals surface area contributed by atoms with Crippen molar-refractivity contribution in [3.8, 4) is 0 Å². The molecule has 1 aliphatic carbocycles. The summed E-state index contributed by atoms with van der Waals surface area (Å²) in [5, 5.41) is 22.0. The van der Waals surface area contributed by atoms with Gasteiger partial charge in [0, 0.05) is 30.7 Å². The van der Waals surface area contributed by atoms with Gasteiger partial charge in [-0.05, 0) is 56.5 Å². The first-order chi connectivity index (χ1) is 18.4. The summed E-state index contributed by atoms with van der Waals surface area (Å²) in [6.07, 6.45) is 5.12. The number of nitrogen functional groups attached to an aromatic ring is 1. The zero-order valence-corrected chi connectivity index (χ0v) is 22.0. The third kappa shape index (κ3) is 7.69. The zero-order chi connectivity index (χ0) is 28.2. The highest BCUT2D eigenvalue weighted by Crippen LogP contribution is 2.36. The molecular formula is C26H31ClF3N7O2. The van der Waals surface area contributed by atoms with Crippen molar-refractivity contribution in [1.82, 2.24) is 25.9 Å². The van der Waals surface area contributed by atoms with Crippen molar-refractivity contribution >= 4 is 29.0 Å². The van der Waals surface area contributed by atoms with Crippen molar-refractivity contribution in [2.45, 2.75) is 50.2 Å². The van der Waals surface area contributed by atoms with Crippen LogP contribution in [0.1, 0.15) is 53.8 Å². The Morgan fingerprint density at radius 3 is 2.85 bits per heavy atom. The minimum Gasteiger partial charge on any atom is -0.382 e. The number of nitrogens with two attached hydrogens (primary N) is 1. The van der Waals surface area contributed by atoms with Crippen molar-refractivity contribution < 1.29 is 23.1 Å². The van der Waals surface area contributed by atoms with Gasteiger partial charge in [0.25, 0.3) is 5.91 Å². The predicted octanol–water partition coefficient (Wildman–Crippen LogP) is 3.55. The number of rotatable bonds is 8. The number of hydrogen-bond donors (Lipinski definition) is 6. The maximum Gasteiger partial charge on any atom is 0.417 e. The summed E-state index contributed by atoms with van der Waals surface area (Å²) in [6, 6.07) is 3.31. The van der Waals surface area contributed by atoms with Crippen LogP contribution in [-0.2, 0) is 6.18 Å². The molecule has 9 nitrogen and oxygen atoms in total. The molecule has 0 spiro atoms. The van der Waals surface area contributed by atoms with Gasteiger partial charge >= 0.3 is 6.18 Å². The molecule has 0 radical (unpaired) electrons. The Balaban J connectivity index is 1.41. The molecule has 0 saturated carbocycles. The fourth-order valence-corrected chi connectivity index (χ4v) is 4.70. The lowest BCUT2D eigenvalue weighted by Crippen LogP contribution is -2.49. The first-order valence-electron chi connectivity index (χ1n) is 12.5. The second kappa shape index (κ2) is 11.9. The number of hydrogen-bond acceptors (Lipinski definition) is 8. The van der Waals surface area contributed by atoms with E-state index in [9.17, 15) is 23.1 Å². The van der Waals surface area contributed by atoms with Gasteiger partial charge in [-0.25, -0.2) is 9.97 Å². The van der Waals surface area contributed by atoms with E-state index in [4.69, 9.17) is 17.3 Å². The molecule has 1 aliphatic heterocycles. The van der Waals surface area contributed by atoms with E-state index in [1.54, 1.807) is 0 Å². The Kier molecular flexibility index (Phi) is 8.80. The van der Waals surface area contributed by atoms with Crippen molar-refractivity contribution in [3.63, 3.8) is 0 Å².